The zero-order valence-corrected chi connectivity index (χ0v) is 19.9. The second-order valence-electron chi connectivity index (χ2n) is 5.44. The van der Waals surface area contributed by atoms with Gasteiger partial charge in [0, 0.05) is 37.5 Å². The molecule has 8 nitrogen and oxygen atoms in total. The van der Waals surface area contributed by atoms with E-state index in [1.54, 1.807) is 20.8 Å². The first-order valence-corrected chi connectivity index (χ1v) is 9.68. The van der Waals surface area contributed by atoms with Gasteiger partial charge in [-0.3, -0.25) is 11.1 Å². The molecular formula is C14H26N2O6S2Y-2. The van der Waals surface area contributed by atoms with Crippen molar-refractivity contribution < 1.29 is 60.6 Å². The molecule has 0 bridgehead atoms. The third kappa shape index (κ3) is 8.94. The minimum absolute atomic E-state index is 0. The third-order valence-corrected chi connectivity index (χ3v) is 5.94. The molecule has 0 spiro atoms. The van der Waals surface area contributed by atoms with Crippen LogP contribution >= 0.6 is 11.8 Å². The number of nitrogens with zero attached hydrogens (tertiary/aromatic N) is 1. The summed E-state index contributed by atoms with van der Waals surface area (Å²) in [5.41, 5.74) is 0. The van der Waals surface area contributed by atoms with Crippen molar-refractivity contribution in [1.29, 1.82) is 0 Å². The molecule has 1 saturated heterocycles. The largest absolute Gasteiger partial charge is 0.542 e. The summed E-state index contributed by atoms with van der Waals surface area (Å²) in [5, 5.41) is 11.4. The Labute approximate surface area is 179 Å². The third-order valence-electron chi connectivity index (χ3n) is 3.21. The summed E-state index contributed by atoms with van der Waals surface area (Å²) < 4.78 is 24.0. The Kier molecular flexibility index (Phi) is 14.7. The van der Waals surface area contributed by atoms with Crippen LogP contribution in [0.2, 0.25) is 0 Å². The van der Waals surface area contributed by atoms with Crippen LogP contribution < -0.4 is 5.32 Å². The van der Waals surface area contributed by atoms with Gasteiger partial charge in [-0.1, -0.05) is 6.92 Å². The first-order chi connectivity index (χ1) is 10.4. The monoisotopic (exact) mass is 471 g/mol. The molecule has 0 aromatic rings. The molecule has 1 radical (unpaired) electrons. The summed E-state index contributed by atoms with van der Waals surface area (Å²) >= 11 is 1.35. The second-order valence-corrected chi connectivity index (χ2v) is 8.98. The van der Waals surface area contributed by atoms with Crippen molar-refractivity contribution >= 4 is 39.9 Å². The summed E-state index contributed by atoms with van der Waals surface area (Å²) in [6.07, 6.45) is 2.78. The van der Waals surface area contributed by atoms with E-state index in [1.165, 1.54) is 25.0 Å². The maximum Gasteiger partial charge on any atom is 0.326 e. The first-order valence-electron chi connectivity index (χ1n) is 6.85. The molecule has 1 aliphatic heterocycles. The van der Waals surface area contributed by atoms with Crippen molar-refractivity contribution in [2.75, 3.05) is 12.1 Å². The van der Waals surface area contributed by atoms with Gasteiger partial charge < -0.3 is 22.6 Å². The quantitative estimate of drug-likeness (QED) is 0.565. The molecule has 11 heteroatoms. The molecule has 1 rings (SSSR count). The topological polar surface area (TPSA) is 121 Å². The maximum atomic E-state index is 12.3. The van der Waals surface area contributed by atoms with Gasteiger partial charge in [0.1, 0.15) is 12.1 Å². The molecule has 0 unspecified atom stereocenters. The minimum atomic E-state index is -3.53. The zero-order valence-electron chi connectivity index (χ0n) is 15.4. The predicted molar refractivity (Wildman–Crippen MR) is 94.6 cm³/mol. The van der Waals surface area contributed by atoms with Crippen LogP contribution in [0.25, 0.3) is 0 Å². The van der Waals surface area contributed by atoms with E-state index in [1.807, 2.05) is 0 Å². The molecule has 145 valence electrons. The number of thioether (sulfide) groups is 1. The Morgan fingerprint density at radius 2 is 1.88 bits per heavy atom. The summed E-state index contributed by atoms with van der Waals surface area (Å²) in [5.74, 6) is -1.51. The Bertz CT molecular complexity index is 554. The molecule has 2 atom stereocenters. The smallest absolute Gasteiger partial charge is 0.326 e. The fourth-order valence-electron chi connectivity index (χ4n) is 2.05. The van der Waals surface area contributed by atoms with Gasteiger partial charge in [0.15, 0.2) is 0 Å². The van der Waals surface area contributed by atoms with Gasteiger partial charge in [0.25, 0.3) is 0 Å². The number of amides is 1. The number of rotatable bonds is 5. The van der Waals surface area contributed by atoms with Crippen LogP contribution in [0.1, 0.15) is 34.1 Å². The van der Waals surface area contributed by atoms with Crippen molar-refractivity contribution in [3.8, 4) is 0 Å². The zero-order chi connectivity index (χ0) is 18.4. The second kappa shape index (κ2) is 12.4. The molecule has 25 heavy (non-hydrogen) atoms. The van der Waals surface area contributed by atoms with Gasteiger partial charge in [-0.2, -0.15) is 11.2 Å². The van der Waals surface area contributed by atoms with Crippen LogP contribution in [0.4, 0.5) is 0 Å². The molecule has 1 fully saturated rings. The molecule has 1 amide bonds. The maximum absolute atomic E-state index is 12.3. The van der Waals surface area contributed by atoms with Gasteiger partial charge in [-0.15, -0.1) is 11.8 Å². The number of aliphatic carboxylic acids is 1. The van der Waals surface area contributed by atoms with Crippen molar-refractivity contribution in [2.24, 2.45) is 0 Å². The Morgan fingerprint density at radius 1 is 1.44 bits per heavy atom. The number of sulfonamides is 1. The van der Waals surface area contributed by atoms with E-state index in [4.69, 9.17) is 9.90 Å². The number of hydrogen-bond donors (Lipinski definition) is 2. The van der Waals surface area contributed by atoms with Crippen molar-refractivity contribution in [1.82, 2.24) is 9.62 Å². The van der Waals surface area contributed by atoms with E-state index in [0.717, 1.165) is 10.6 Å². The molecular weight excluding hydrogens is 445 g/mol. The van der Waals surface area contributed by atoms with Gasteiger partial charge in [0.2, 0.25) is 15.9 Å². The van der Waals surface area contributed by atoms with Gasteiger partial charge in [-0.25, -0.2) is 13.2 Å². The first kappa shape index (κ1) is 29.7. The fourth-order valence-corrected chi connectivity index (χ4v) is 4.79. The van der Waals surface area contributed by atoms with E-state index >= 15 is 0 Å². The fraction of sp³-hybridized carbons (Fsp3) is 0.714. The van der Waals surface area contributed by atoms with E-state index in [9.17, 15) is 18.0 Å². The van der Waals surface area contributed by atoms with Gasteiger partial charge in [0.05, 0.1) is 12.1 Å². The van der Waals surface area contributed by atoms with E-state index in [0.29, 0.717) is 0 Å². The van der Waals surface area contributed by atoms with Crippen molar-refractivity contribution in [2.45, 2.75) is 50.9 Å². The van der Waals surface area contributed by atoms with Crippen LogP contribution in [0.3, 0.4) is 0 Å². The normalized spacial score (nSPS) is 20.0. The number of carbonyl (C=O) groups excluding carboxylic acids is 2. The number of carbonyl (C=O) groups is 2. The van der Waals surface area contributed by atoms with E-state index < -0.39 is 38.7 Å². The molecule has 1 heterocycles. The SMILES string of the molecule is CC[C@H](NC(=O)[C@H]1N(S(C)(=O)=O)CSC1(C)C)C(=O)O.C[C-]=O.[CH3-].[Y]. The Hall–Kier alpha value is -0.0261. The molecule has 2 N–H and O–H groups in total. The average molecular weight is 471 g/mol. The number of nitrogens with one attached hydrogen (secondary N) is 1. The molecule has 0 aromatic carbocycles. The van der Waals surface area contributed by atoms with Crippen LogP contribution in [0, 0.1) is 7.43 Å². The summed E-state index contributed by atoms with van der Waals surface area (Å²) in [4.78, 5) is 31.9. The van der Waals surface area contributed by atoms with Crippen LogP contribution in [-0.4, -0.2) is 65.0 Å². The molecule has 0 aromatic heterocycles. The van der Waals surface area contributed by atoms with E-state index in [-0.39, 0.29) is 52.4 Å². The van der Waals surface area contributed by atoms with E-state index in [2.05, 4.69) is 5.32 Å². The predicted octanol–water partition coefficient (Wildman–Crippen LogP) is 0.643. The van der Waals surface area contributed by atoms with Crippen molar-refractivity contribution in [3.05, 3.63) is 7.43 Å². The Balaban J connectivity index is -0.000000900. The van der Waals surface area contributed by atoms with Crippen LogP contribution in [0.15, 0.2) is 0 Å². The number of carboxylic acid groups (broad SMARTS) is 1. The molecule has 0 aliphatic carbocycles. The number of hydrogen-bond acceptors (Lipinski definition) is 6. The van der Waals surface area contributed by atoms with Crippen LogP contribution in [-0.2, 0) is 57.1 Å². The molecule has 1 aliphatic rings. The summed E-state index contributed by atoms with van der Waals surface area (Å²) in [7, 11) is -3.53. The summed E-state index contributed by atoms with van der Waals surface area (Å²) in [6, 6.07) is -1.92. The van der Waals surface area contributed by atoms with Crippen molar-refractivity contribution in [3.63, 3.8) is 0 Å². The van der Waals surface area contributed by atoms with Crippen LogP contribution in [0.5, 0.6) is 0 Å². The standard InChI is InChI=1S/C11H20N2O5S2.C2H3O.CH3.Y/c1-5-7(10(15)16)12-9(14)8-11(2,3)19-6-13(8)20(4,17)18;1-2-3;;/h7-8H,5-6H2,1-4H3,(H,12,14)(H,15,16);1H3;1H3;/q;2*-1;/t7-,8+;;;/m0.../s1. The molecule has 0 saturated carbocycles. The average Bonchev–Trinajstić information content (AvgIpc) is 2.71. The minimum Gasteiger partial charge on any atom is -0.542 e. The van der Waals surface area contributed by atoms with Gasteiger partial charge >= 0.3 is 5.97 Å². The van der Waals surface area contributed by atoms with Gasteiger partial charge in [-0.05, 0) is 20.3 Å². The summed E-state index contributed by atoms with van der Waals surface area (Å²) in [6.45, 7) is 6.51. The number of carboxylic acids is 1. The Morgan fingerprint density at radius 3 is 2.20 bits per heavy atom.